The number of aryl methyl sites for hydroxylation is 1. The fourth-order valence-corrected chi connectivity index (χ4v) is 5.93. The molecule has 1 saturated heterocycles. The van der Waals surface area contributed by atoms with Gasteiger partial charge in [0.05, 0.1) is 11.0 Å². The van der Waals surface area contributed by atoms with Crippen molar-refractivity contribution >= 4 is 28.5 Å². The van der Waals surface area contributed by atoms with E-state index >= 15 is 0 Å². The highest BCUT2D eigenvalue weighted by Gasteiger charge is 2.29. The maximum absolute atomic E-state index is 13.4. The van der Waals surface area contributed by atoms with E-state index in [9.17, 15) is 9.59 Å². The molecular weight excluding hydrogens is 526 g/mol. The van der Waals surface area contributed by atoms with E-state index in [0.29, 0.717) is 26.0 Å². The molecule has 8 heteroatoms. The Morgan fingerprint density at radius 3 is 2.48 bits per heavy atom. The molecule has 2 heterocycles. The molecule has 1 aromatic heterocycles. The lowest BCUT2D eigenvalue weighted by Gasteiger charge is -2.33. The van der Waals surface area contributed by atoms with Crippen LogP contribution in [0.5, 0.6) is 0 Å². The summed E-state index contributed by atoms with van der Waals surface area (Å²) in [5.41, 5.74) is 12.7. The molecule has 5 rings (SSSR count). The van der Waals surface area contributed by atoms with Crippen LogP contribution in [0.2, 0.25) is 0 Å². The number of hydrogen-bond acceptors (Lipinski definition) is 5. The normalized spacial score (nSPS) is 16.0. The maximum atomic E-state index is 13.4. The van der Waals surface area contributed by atoms with Crippen LogP contribution in [0, 0.1) is 0 Å². The van der Waals surface area contributed by atoms with Crippen molar-refractivity contribution in [2.45, 2.75) is 57.5 Å². The zero-order chi connectivity index (χ0) is 29.5. The predicted molar refractivity (Wildman–Crippen MR) is 167 cm³/mol. The van der Waals surface area contributed by atoms with Crippen molar-refractivity contribution in [1.82, 2.24) is 14.5 Å². The highest BCUT2D eigenvalue weighted by atomic mass is 16.5. The zero-order valence-corrected chi connectivity index (χ0v) is 24.6. The SMILES string of the molecule is COCCCn1c([C@@H]2CCCN(C(=O)C[C@H](N)Cc3ccc(-c4ccc(NC(C)=O)cc4)cc3)C2)nc2ccccc21. The molecule has 3 aromatic carbocycles. The van der Waals surface area contributed by atoms with Gasteiger partial charge in [0, 0.05) is 64.3 Å². The summed E-state index contributed by atoms with van der Waals surface area (Å²) in [7, 11) is 1.73. The van der Waals surface area contributed by atoms with Gasteiger partial charge < -0.3 is 25.3 Å². The summed E-state index contributed by atoms with van der Waals surface area (Å²) >= 11 is 0. The van der Waals surface area contributed by atoms with E-state index in [2.05, 4.69) is 52.3 Å². The monoisotopic (exact) mass is 567 g/mol. The Balaban J connectivity index is 1.18. The third-order valence-electron chi connectivity index (χ3n) is 7.98. The highest BCUT2D eigenvalue weighted by Crippen LogP contribution is 2.30. The number of nitrogens with zero attached hydrogens (tertiary/aromatic N) is 3. The highest BCUT2D eigenvalue weighted by molar-refractivity contribution is 5.89. The number of nitrogens with one attached hydrogen (secondary N) is 1. The van der Waals surface area contributed by atoms with Crippen molar-refractivity contribution in [3.63, 3.8) is 0 Å². The average Bonchev–Trinajstić information content (AvgIpc) is 3.36. The van der Waals surface area contributed by atoms with Crippen LogP contribution in [-0.4, -0.2) is 59.1 Å². The van der Waals surface area contributed by atoms with Gasteiger partial charge in [0.15, 0.2) is 0 Å². The van der Waals surface area contributed by atoms with Crippen molar-refractivity contribution < 1.29 is 14.3 Å². The quantitative estimate of drug-likeness (QED) is 0.238. The molecule has 0 aliphatic carbocycles. The van der Waals surface area contributed by atoms with Crippen molar-refractivity contribution in [3.8, 4) is 11.1 Å². The molecule has 0 spiro atoms. The van der Waals surface area contributed by atoms with E-state index < -0.39 is 0 Å². The first kappa shape index (κ1) is 29.5. The van der Waals surface area contributed by atoms with Crippen LogP contribution in [0.25, 0.3) is 22.2 Å². The first-order valence-electron chi connectivity index (χ1n) is 14.9. The van der Waals surface area contributed by atoms with E-state index in [0.717, 1.165) is 71.6 Å². The maximum Gasteiger partial charge on any atom is 0.224 e. The van der Waals surface area contributed by atoms with E-state index in [1.165, 1.54) is 6.92 Å². The largest absolute Gasteiger partial charge is 0.385 e. The van der Waals surface area contributed by atoms with Crippen LogP contribution >= 0.6 is 0 Å². The Bertz CT molecular complexity index is 1500. The van der Waals surface area contributed by atoms with E-state index in [4.69, 9.17) is 15.5 Å². The van der Waals surface area contributed by atoms with Gasteiger partial charge in [-0.05, 0) is 66.6 Å². The lowest BCUT2D eigenvalue weighted by atomic mass is 9.95. The van der Waals surface area contributed by atoms with Crippen LogP contribution in [0.1, 0.15) is 49.9 Å². The number of fused-ring (bicyclic) bond motifs is 1. The number of benzene rings is 3. The number of rotatable bonds is 11. The molecule has 0 bridgehead atoms. The number of methoxy groups -OCH3 is 1. The molecule has 0 saturated carbocycles. The number of carbonyl (C=O) groups is 2. The smallest absolute Gasteiger partial charge is 0.224 e. The molecule has 1 aliphatic heterocycles. The van der Waals surface area contributed by atoms with Crippen LogP contribution in [0.3, 0.4) is 0 Å². The third-order valence-corrected chi connectivity index (χ3v) is 7.98. The Labute approximate surface area is 247 Å². The number of aromatic nitrogens is 2. The van der Waals surface area contributed by atoms with E-state index in [1.54, 1.807) is 7.11 Å². The van der Waals surface area contributed by atoms with Gasteiger partial charge in [-0.2, -0.15) is 0 Å². The standard InChI is InChI=1S/C34H41N5O3/c1-24(40)36-30-16-14-27(15-17-30)26-12-10-25(11-13-26)21-29(35)22-33(41)38-18-5-7-28(23-38)34-37-31-8-3-4-9-32(31)39(34)19-6-20-42-2/h3-4,8-17,28-29H,5-7,18-23,35H2,1-2H3,(H,36,40)/t28-,29-/m1/s1. The molecule has 1 aliphatic rings. The summed E-state index contributed by atoms with van der Waals surface area (Å²) in [5.74, 6) is 1.30. The summed E-state index contributed by atoms with van der Waals surface area (Å²) < 4.78 is 7.62. The third kappa shape index (κ3) is 7.24. The number of hydrogen-bond donors (Lipinski definition) is 2. The molecule has 8 nitrogen and oxygen atoms in total. The van der Waals surface area contributed by atoms with Crippen LogP contribution < -0.4 is 11.1 Å². The minimum Gasteiger partial charge on any atom is -0.385 e. The Kier molecular flexibility index (Phi) is 9.66. The van der Waals surface area contributed by atoms with Gasteiger partial charge in [0.2, 0.25) is 11.8 Å². The lowest BCUT2D eigenvalue weighted by Crippen LogP contribution is -2.42. The first-order chi connectivity index (χ1) is 20.4. The van der Waals surface area contributed by atoms with Crippen molar-refractivity contribution in [2.75, 3.05) is 32.1 Å². The molecule has 220 valence electrons. The predicted octanol–water partition coefficient (Wildman–Crippen LogP) is 5.36. The molecule has 0 unspecified atom stereocenters. The Morgan fingerprint density at radius 2 is 1.76 bits per heavy atom. The van der Waals surface area contributed by atoms with Crippen molar-refractivity contribution in [1.29, 1.82) is 0 Å². The number of carbonyl (C=O) groups excluding carboxylic acids is 2. The summed E-state index contributed by atoms with van der Waals surface area (Å²) in [4.78, 5) is 31.6. The molecule has 0 radical (unpaired) electrons. The average molecular weight is 568 g/mol. The zero-order valence-electron chi connectivity index (χ0n) is 24.6. The Morgan fingerprint density at radius 1 is 1.05 bits per heavy atom. The topological polar surface area (TPSA) is 102 Å². The van der Waals surface area contributed by atoms with Gasteiger partial charge in [-0.15, -0.1) is 0 Å². The van der Waals surface area contributed by atoms with Gasteiger partial charge >= 0.3 is 0 Å². The number of piperidine rings is 1. The number of likely N-dealkylation sites (tertiary alicyclic amines) is 1. The summed E-state index contributed by atoms with van der Waals surface area (Å²) in [6.07, 6.45) is 3.86. The number of nitrogens with two attached hydrogens (primary N) is 1. The number of amides is 2. The van der Waals surface area contributed by atoms with Crippen molar-refractivity contribution in [3.05, 3.63) is 84.2 Å². The molecule has 2 atom stereocenters. The minimum atomic E-state index is -0.251. The fourth-order valence-electron chi connectivity index (χ4n) is 5.93. The molecule has 4 aromatic rings. The second-order valence-electron chi connectivity index (χ2n) is 11.3. The summed E-state index contributed by atoms with van der Waals surface area (Å²) in [6.45, 7) is 4.49. The second-order valence-corrected chi connectivity index (χ2v) is 11.3. The van der Waals surface area contributed by atoms with Crippen molar-refractivity contribution in [2.24, 2.45) is 5.73 Å². The van der Waals surface area contributed by atoms with Gasteiger partial charge in [-0.25, -0.2) is 4.98 Å². The number of imidazole rings is 1. The van der Waals surface area contributed by atoms with Crippen LogP contribution in [-0.2, 0) is 27.3 Å². The van der Waals surface area contributed by atoms with Gasteiger partial charge in [-0.1, -0.05) is 48.5 Å². The minimum absolute atomic E-state index is 0.0865. The number of anilines is 1. The molecular formula is C34H41N5O3. The lowest BCUT2D eigenvalue weighted by molar-refractivity contribution is -0.132. The van der Waals surface area contributed by atoms with Crippen LogP contribution in [0.4, 0.5) is 5.69 Å². The molecule has 2 amide bonds. The summed E-state index contributed by atoms with van der Waals surface area (Å²) in [5, 5.41) is 2.79. The van der Waals surface area contributed by atoms with Gasteiger partial charge in [-0.3, -0.25) is 9.59 Å². The number of ether oxygens (including phenoxy) is 1. The van der Waals surface area contributed by atoms with E-state index in [1.807, 2.05) is 35.2 Å². The number of para-hydroxylation sites is 2. The Hall–Kier alpha value is -4.01. The molecule has 3 N–H and O–H groups in total. The first-order valence-corrected chi connectivity index (χ1v) is 14.9. The fraction of sp³-hybridized carbons (Fsp3) is 0.382. The van der Waals surface area contributed by atoms with E-state index in [-0.39, 0.29) is 23.8 Å². The van der Waals surface area contributed by atoms with Gasteiger partial charge in [0.1, 0.15) is 5.82 Å². The summed E-state index contributed by atoms with van der Waals surface area (Å²) in [6, 6.07) is 24.1. The molecule has 42 heavy (non-hydrogen) atoms. The van der Waals surface area contributed by atoms with Crippen LogP contribution in [0.15, 0.2) is 72.8 Å². The molecule has 1 fully saturated rings. The van der Waals surface area contributed by atoms with Gasteiger partial charge in [0.25, 0.3) is 0 Å². The second kappa shape index (κ2) is 13.8.